The fraction of sp³-hybridized carbons (Fsp3) is 0.386. The van der Waals surface area contributed by atoms with Crippen molar-refractivity contribution in [1.82, 2.24) is 39.6 Å². The zero-order valence-electron chi connectivity index (χ0n) is 33.6. The third kappa shape index (κ3) is 7.77. The monoisotopic (exact) mass is 790 g/mol. The van der Waals surface area contributed by atoms with Crippen LogP contribution in [0.15, 0.2) is 73.3 Å². The van der Waals surface area contributed by atoms with Gasteiger partial charge in [-0.1, -0.05) is 24.8 Å². The first-order valence-electron chi connectivity index (χ1n) is 20.0. The molecule has 0 fully saturated rings. The van der Waals surface area contributed by atoms with Crippen molar-refractivity contribution in [3.8, 4) is 28.5 Å². The second-order valence-electron chi connectivity index (χ2n) is 15.9. The molecule has 0 saturated carbocycles. The fourth-order valence-corrected chi connectivity index (χ4v) is 8.25. The van der Waals surface area contributed by atoms with E-state index in [-0.39, 0.29) is 23.9 Å². The number of H-pyrrole nitrogens is 1. The number of aryl methyl sites for hydroxylation is 2. The number of anilines is 2. The minimum absolute atomic E-state index is 0.0184. The van der Waals surface area contributed by atoms with Gasteiger partial charge in [0.15, 0.2) is 17.5 Å². The molecule has 0 bridgehead atoms. The topological polar surface area (TPSA) is 113 Å². The van der Waals surface area contributed by atoms with E-state index >= 15 is 13.2 Å². The number of unbranched alkanes of at least 4 members (excludes halogenated alkanes) is 2. The second kappa shape index (κ2) is 15.9. The summed E-state index contributed by atoms with van der Waals surface area (Å²) in [6.07, 6.45) is 6.38. The summed E-state index contributed by atoms with van der Waals surface area (Å²) in [7, 11) is 0. The fourth-order valence-electron chi connectivity index (χ4n) is 8.25. The first kappa shape index (κ1) is 39.1. The molecule has 2 aliphatic rings. The molecule has 14 heteroatoms. The Morgan fingerprint density at radius 2 is 1.79 bits per heavy atom. The number of rotatable bonds is 13. The van der Waals surface area contributed by atoms with Crippen LogP contribution in [0.1, 0.15) is 75.5 Å². The Kier molecular flexibility index (Phi) is 10.7. The third-order valence-corrected chi connectivity index (χ3v) is 11.0. The predicted molar refractivity (Wildman–Crippen MR) is 221 cm³/mol. The van der Waals surface area contributed by atoms with Crippen LogP contribution in [-0.2, 0) is 13.0 Å². The maximum atomic E-state index is 16.0. The number of halogens is 3. The van der Waals surface area contributed by atoms with Crippen LogP contribution in [0.5, 0.6) is 5.75 Å². The van der Waals surface area contributed by atoms with Crippen LogP contribution in [-0.4, -0.2) is 77.6 Å². The average molecular weight is 791 g/mol. The molecule has 0 unspecified atom stereocenters. The van der Waals surface area contributed by atoms with E-state index in [4.69, 9.17) is 14.7 Å². The van der Waals surface area contributed by atoms with Gasteiger partial charge in [-0.15, -0.1) is 5.10 Å². The minimum atomic E-state index is -1.57. The van der Waals surface area contributed by atoms with Gasteiger partial charge in [-0.2, -0.15) is 0 Å². The predicted octanol–water partition coefficient (Wildman–Crippen LogP) is 8.96. The summed E-state index contributed by atoms with van der Waals surface area (Å²) in [5.41, 5.74) is 4.91. The van der Waals surface area contributed by atoms with Crippen LogP contribution >= 0.6 is 0 Å². The van der Waals surface area contributed by atoms with Gasteiger partial charge in [-0.05, 0) is 84.1 Å². The number of nitrogens with zero attached hydrogens (tertiary/aromatic N) is 8. The lowest BCUT2D eigenvalue weighted by Crippen LogP contribution is -2.48. The van der Waals surface area contributed by atoms with E-state index in [1.807, 2.05) is 55.1 Å². The number of alkyl halides is 1. The first-order chi connectivity index (χ1) is 27.9. The normalized spacial score (nSPS) is 17.0. The summed E-state index contributed by atoms with van der Waals surface area (Å²) < 4.78 is 54.9. The zero-order chi connectivity index (χ0) is 40.7. The number of nitrogens with one attached hydrogen (secondary N) is 2. The molecule has 8 rings (SSSR count). The van der Waals surface area contributed by atoms with Crippen LogP contribution < -0.4 is 15.0 Å². The standard InChI is InChI=1S/C44H49F3N10O/c1-7-56-27(3)22-48-42-43(56)53-37(23-49-42)30-15-16-36(51-28(30)4)41-50-25-55(54-41)17-11-8-12-18-58-29-20-33(45)38(34(46)21-29)40-39-32(31-13-9-10-14-35(31)52-39)19-26(2)57(40)24-44(5,6)47/h9-10,13-16,20-21,23,25-26,40,52H,3,7-8,11-12,17-19,22,24H2,1-2,4-6H3,(H,48,49)/t26-,40-/m1/s1. The molecule has 2 aliphatic heterocycles. The van der Waals surface area contributed by atoms with Crippen LogP contribution in [0.4, 0.5) is 24.8 Å². The number of para-hydroxylation sites is 1. The summed E-state index contributed by atoms with van der Waals surface area (Å²) in [6.45, 7) is 15.4. The van der Waals surface area contributed by atoms with Crippen LogP contribution in [0.25, 0.3) is 33.7 Å². The molecule has 6 aromatic rings. The average Bonchev–Trinajstić information content (AvgIpc) is 3.81. The smallest absolute Gasteiger partial charge is 0.199 e. The Hall–Kier alpha value is -5.76. The Morgan fingerprint density at radius 1 is 1.00 bits per heavy atom. The van der Waals surface area contributed by atoms with Crippen LogP contribution in [0.2, 0.25) is 0 Å². The van der Waals surface area contributed by atoms with E-state index in [0.29, 0.717) is 49.8 Å². The highest BCUT2D eigenvalue weighted by atomic mass is 19.1. The molecule has 2 aromatic carbocycles. The van der Waals surface area contributed by atoms with Crippen molar-refractivity contribution < 1.29 is 17.9 Å². The van der Waals surface area contributed by atoms with Gasteiger partial charge >= 0.3 is 0 Å². The molecular weight excluding hydrogens is 742 g/mol. The number of hydrogen-bond acceptors (Lipinski definition) is 9. The third-order valence-electron chi connectivity index (χ3n) is 11.0. The Morgan fingerprint density at radius 3 is 2.55 bits per heavy atom. The minimum Gasteiger partial charge on any atom is -0.493 e. The van der Waals surface area contributed by atoms with Crippen molar-refractivity contribution in [2.75, 3.05) is 36.5 Å². The molecular formula is C44H49F3N10O. The number of fused-ring (bicyclic) bond motifs is 4. The van der Waals surface area contributed by atoms with Gasteiger partial charge in [-0.3, -0.25) is 9.58 Å². The maximum Gasteiger partial charge on any atom is 0.199 e. The number of ether oxygens (including phenoxy) is 1. The van der Waals surface area contributed by atoms with E-state index in [0.717, 1.165) is 70.1 Å². The van der Waals surface area contributed by atoms with Gasteiger partial charge in [0, 0.05) is 76.9 Å². The Bertz CT molecular complexity index is 2450. The lowest BCUT2D eigenvalue weighted by molar-refractivity contribution is 0.0642. The highest BCUT2D eigenvalue weighted by Gasteiger charge is 2.41. The van der Waals surface area contributed by atoms with E-state index in [2.05, 4.69) is 43.8 Å². The van der Waals surface area contributed by atoms with Gasteiger partial charge in [-0.25, -0.2) is 33.1 Å². The summed E-state index contributed by atoms with van der Waals surface area (Å²) in [5, 5.41) is 8.93. The maximum absolute atomic E-state index is 16.0. The van der Waals surface area contributed by atoms with Gasteiger partial charge in [0.2, 0.25) is 0 Å². The van der Waals surface area contributed by atoms with Gasteiger partial charge in [0.1, 0.15) is 35.1 Å². The zero-order valence-corrected chi connectivity index (χ0v) is 33.6. The second-order valence-corrected chi connectivity index (χ2v) is 15.9. The Balaban J connectivity index is 0.874. The molecule has 0 radical (unpaired) electrons. The van der Waals surface area contributed by atoms with E-state index in [1.54, 1.807) is 17.2 Å². The molecule has 0 amide bonds. The molecule has 58 heavy (non-hydrogen) atoms. The summed E-state index contributed by atoms with van der Waals surface area (Å²) in [5.74, 6) is 0.700. The van der Waals surface area contributed by atoms with Crippen molar-refractivity contribution in [2.24, 2.45) is 0 Å². The van der Waals surface area contributed by atoms with E-state index in [1.165, 1.54) is 26.0 Å². The first-order valence-corrected chi connectivity index (χ1v) is 20.0. The Labute approximate surface area is 336 Å². The van der Waals surface area contributed by atoms with Crippen molar-refractivity contribution in [1.29, 1.82) is 0 Å². The molecule has 6 heterocycles. The number of pyridine rings is 1. The number of aromatic nitrogens is 7. The number of likely N-dealkylation sites (N-methyl/N-ethyl adjacent to an activating group) is 1. The lowest BCUT2D eigenvalue weighted by Gasteiger charge is -2.43. The van der Waals surface area contributed by atoms with Crippen LogP contribution in [0, 0.1) is 18.6 Å². The van der Waals surface area contributed by atoms with Gasteiger partial charge in [0.05, 0.1) is 31.1 Å². The number of hydrogen-bond donors (Lipinski definition) is 2. The SMILES string of the molecule is C=C1CNc2ncc(-c3ccc(-c4ncn(CCCCCOc5cc(F)c([C@@H]6c7[nH]c8ccccc8c7C[C@@H](C)N6CC(C)(C)F)c(F)c5)n4)nc3C)nc2N1CC. The van der Waals surface area contributed by atoms with Crippen molar-refractivity contribution in [2.45, 2.75) is 84.6 Å². The molecule has 0 saturated heterocycles. The van der Waals surface area contributed by atoms with Gasteiger partial charge < -0.3 is 19.9 Å². The molecule has 4 aromatic heterocycles. The number of aromatic amines is 1. The molecule has 2 N–H and O–H groups in total. The quantitative estimate of drug-likeness (QED) is 0.111. The lowest BCUT2D eigenvalue weighted by atomic mass is 9.87. The highest BCUT2D eigenvalue weighted by Crippen LogP contribution is 2.44. The molecule has 2 atom stereocenters. The summed E-state index contributed by atoms with van der Waals surface area (Å²) in [4.78, 5) is 26.1. The molecule has 0 aliphatic carbocycles. The van der Waals surface area contributed by atoms with Crippen molar-refractivity contribution >= 4 is 22.5 Å². The summed E-state index contributed by atoms with van der Waals surface area (Å²) in [6, 6.07) is 13.2. The highest BCUT2D eigenvalue weighted by molar-refractivity contribution is 5.85. The van der Waals surface area contributed by atoms with Crippen LogP contribution in [0.3, 0.4) is 0 Å². The molecule has 0 spiro atoms. The summed E-state index contributed by atoms with van der Waals surface area (Å²) >= 11 is 0. The van der Waals surface area contributed by atoms with Crippen molar-refractivity contribution in [3.63, 3.8) is 0 Å². The van der Waals surface area contributed by atoms with E-state index < -0.39 is 23.3 Å². The van der Waals surface area contributed by atoms with E-state index in [9.17, 15) is 0 Å². The molecule has 302 valence electrons. The largest absolute Gasteiger partial charge is 0.493 e. The van der Waals surface area contributed by atoms with Gasteiger partial charge in [0.25, 0.3) is 0 Å². The number of benzene rings is 2. The van der Waals surface area contributed by atoms with Crippen molar-refractivity contribution in [3.05, 3.63) is 107 Å². The molecule has 11 nitrogen and oxygen atoms in total.